The summed E-state index contributed by atoms with van der Waals surface area (Å²) in [6, 6.07) is 1.62. The van der Waals surface area contributed by atoms with Crippen LogP contribution in [0.2, 0.25) is 0 Å². The van der Waals surface area contributed by atoms with Crippen LogP contribution in [0.25, 0.3) is 0 Å². The summed E-state index contributed by atoms with van der Waals surface area (Å²) in [5.74, 6) is 0.963. The number of hydrogen-bond donors (Lipinski definition) is 1. The first kappa shape index (κ1) is 14.8. The molecule has 2 nitrogen and oxygen atoms in total. The second kappa shape index (κ2) is 6.36. The Kier molecular flexibility index (Phi) is 4.72. The maximum absolute atomic E-state index is 3.94. The van der Waals surface area contributed by atoms with Gasteiger partial charge in [0, 0.05) is 30.7 Å². The van der Waals surface area contributed by atoms with E-state index in [0.717, 1.165) is 18.0 Å². The molecular weight excluding hydrogens is 244 g/mol. The summed E-state index contributed by atoms with van der Waals surface area (Å²) in [5, 5.41) is 3.94. The molecule has 0 amide bonds. The van der Waals surface area contributed by atoms with E-state index in [1.165, 1.54) is 77.3 Å². The molecule has 1 heterocycles. The lowest BCUT2D eigenvalue weighted by Crippen LogP contribution is -2.67. The molecule has 3 fully saturated rings. The Morgan fingerprint density at radius 1 is 1.05 bits per heavy atom. The average molecular weight is 278 g/mol. The number of piperazine rings is 1. The maximum atomic E-state index is 3.94. The molecule has 1 saturated heterocycles. The minimum Gasteiger partial charge on any atom is -0.308 e. The molecule has 3 rings (SSSR count). The maximum Gasteiger partial charge on any atom is 0.0309 e. The Balaban J connectivity index is 1.72. The van der Waals surface area contributed by atoms with Crippen LogP contribution < -0.4 is 5.32 Å². The van der Waals surface area contributed by atoms with E-state index in [9.17, 15) is 0 Å². The Labute approximate surface area is 125 Å². The first-order valence-electron chi connectivity index (χ1n) is 9.25. The third kappa shape index (κ3) is 2.92. The molecule has 0 radical (unpaired) electrons. The molecular formula is C18H34N2. The van der Waals surface area contributed by atoms with E-state index in [1.807, 2.05) is 0 Å². The Hall–Kier alpha value is -0.0800. The van der Waals surface area contributed by atoms with E-state index < -0.39 is 0 Å². The van der Waals surface area contributed by atoms with E-state index >= 15 is 0 Å². The van der Waals surface area contributed by atoms with Crippen LogP contribution in [0.1, 0.15) is 78.1 Å². The summed E-state index contributed by atoms with van der Waals surface area (Å²) < 4.78 is 0. The van der Waals surface area contributed by atoms with Crippen LogP contribution in [0.4, 0.5) is 0 Å². The summed E-state index contributed by atoms with van der Waals surface area (Å²) in [7, 11) is 0. The van der Waals surface area contributed by atoms with Gasteiger partial charge in [-0.05, 0) is 38.5 Å². The van der Waals surface area contributed by atoms with Crippen molar-refractivity contribution in [1.29, 1.82) is 0 Å². The van der Waals surface area contributed by atoms with Crippen molar-refractivity contribution >= 4 is 0 Å². The number of hydrogen-bond acceptors (Lipinski definition) is 2. The van der Waals surface area contributed by atoms with Crippen LogP contribution in [0.15, 0.2) is 0 Å². The fourth-order valence-corrected chi connectivity index (χ4v) is 5.15. The average Bonchev–Trinajstić information content (AvgIpc) is 2.51. The van der Waals surface area contributed by atoms with Gasteiger partial charge in [-0.2, -0.15) is 0 Å². The van der Waals surface area contributed by atoms with Gasteiger partial charge in [-0.3, -0.25) is 4.90 Å². The van der Waals surface area contributed by atoms with Crippen molar-refractivity contribution < 1.29 is 0 Å². The number of nitrogens with one attached hydrogen (secondary N) is 1. The third-order valence-electron chi connectivity index (χ3n) is 6.45. The summed E-state index contributed by atoms with van der Waals surface area (Å²) in [6.07, 6.45) is 14.4. The summed E-state index contributed by atoms with van der Waals surface area (Å²) >= 11 is 0. The lowest BCUT2D eigenvalue weighted by atomic mass is 9.76. The predicted molar refractivity (Wildman–Crippen MR) is 86.0 cm³/mol. The van der Waals surface area contributed by atoms with E-state index in [1.54, 1.807) is 0 Å². The zero-order chi connectivity index (χ0) is 14.0. The minimum atomic E-state index is 0.473. The van der Waals surface area contributed by atoms with Crippen molar-refractivity contribution in [1.82, 2.24) is 10.2 Å². The van der Waals surface area contributed by atoms with Crippen molar-refractivity contribution in [3.05, 3.63) is 0 Å². The van der Waals surface area contributed by atoms with Crippen molar-refractivity contribution in [3.63, 3.8) is 0 Å². The van der Waals surface area contributed by atoms with Gasteiger partial charge in [0.15, 0.2) is 0 Å². The second-order valence-corrected chi connectivity index (χ2v) is 7.76. The van der Waals surface area contributed by atoms with E-state index in [-0.39, 0.29) is 0 Å². The lowest BCUT2D eigenvalue weighted by Gasteiger charge is -2.53. The molecule has 2 aliphatic carbocycles. The fourth-order valence-electron chi connectivity index (χ4n) is 5.15. The van der Waals surface area contributed by atoms with E-state index in [4.69, 9.17) is 0 Å². The van der Waals surface area contributed by atoms with Gasteiger partial charge in [0.25, 0.3) is 0 Å². The Bertz CT molecular complexity index is 309. The zero-order valence-electron chi connectivity index (χ0n) is 13.7. The van der Waals surface area contributed by atoms with Crippen LogP contribution in [0.5, 0.6) is 0 Å². The quantitative estimate of drug-likeness (QED) is 0.822. The van der Waals surface area contributed by atoms with Crippen LogP contribution in [0.3, 0.4) is 0 Å². The highest BCUT2D eigenvalue weighted by Gasteiger charge is 2.42. The largest absolute Gasteiger partial charge is 0.308 e. The molecule has 1 aliphatic heterocycles. The molecule has 0 bridgehead atoms. The van der Waals surface area contributed by atoms with Crippen molar-refractivity contribution in [2.75, 3.05) is 13.1 Å². The first-order chi connectivity index (χ1) is 9.74. The van der Waals surface area contributed by atoms with Gasteiger partial charge in [-0.15, -0.1) is 0 Å². The second-order valence-electron chi connectivity index (χ2n) is 7.76. The van der Waals surface area contributed by atoms with E-state index in [0.29, 0.717) is 5.54 Å². The zero-order valence-corrected chi connectivity index (χ0v) is 13.7. The molecule has 116 valence electrons. The van der Waals surface area contributed by atoms with Crippen LogP contribution in [0, 0.1) is 5.92 Å². The van der Waals surface area contributed by atoms with Crippen molar-refractivity contribution in [2.45, 2.75) is 95.7 Å². The summed E-state index contributed by atoms with van der Waals surface area (Å²) in [5.41, 5.74) is 0.473. The minimum absolute atomic E-state index is 0.473. The Morgan fingerprint density at radius 3 is 2.55 bits per heavy atom. The molecule has 20 heavy (non-hydrogen) atoms. The van der Waals surface area contributed by atoms with Crippen molar-refractivity contribution in [3.8, 4) is 0 Å². The molecule has 1 spiro atoms. The van der Waals surface area contributed by atoms with Crippen LogP contribution in [-0.4, -0.2) is 35.6 Å². The predicted octanol–water partition coefficient (Wildman–Crippen LogP) is 3.95. The van der Waals surface area contributed by atoms with Gasteiger partial charge in [-0.25, -0.2) is 0 Å². The third-order valence-corrected chi connectivity index (χ3v) is 6.45. The SMILES string of the molecule is CCC1CCCCC1N1CC2(CCCCC2)NCC1C. The fraction of sp³-hybridized carbons (Fsp3) is 1.00. The molecule has 1 N–H and O–H groups in total. The van der Waals surface area contributed by atoms with Crippen LogP contribution >= 0.6 is 0 Å². The van der Waals surface area contributed by atoms with E-state index in [2.05, 4.69) is 24.1 Å². The molecule has 0 aromatic carbocycles. The number of nitrogens with zero attached hydrogens (tertiary/aromatic N) is 1. The molecule has 0 aromatic heterocycles. The van der Waals surface area contributed by atoms with Gasteiger partial charge in [0.2, 0.25) is 0 Å². The highest BCUT2D eigenvalue weighted by Crippen LogP contribution is 2.37. The first-order valence-corrected chi connectivity index (χ1v) is 9.25. The van der Waals surface area contributed by atoms with Crippen molar-refractivity contribution in [2.24, 2.45) is 5.92 Å². The highest BCUT2D eigenvalue weighted by molar-refractivity contribution is 5.01. The molecule has 3 aliphatic rings. The Morgan fingerprint density at radius 2 is 1.80 bits per heavy atom. The van der Waals surface area contributed by atoms with Gasteiger partial charge < -0.3 is 5.32 Å². The number of rotatable bonds is 2. The molecule has 3 unspecified atom stereocenters. The standard InChI is InChI=1S/C18H34N2/c1-3-16-9-5-6-10-17(16)20-14-18(19-13-15(20)2)11-7-4-8-12-18/h15-17,19H,3-14H2,1-2H3. The van der Waals surface area contributed by atoms with Gasteiger partial charge in [-0.1, -0.05) is 45.4 Å². The van der Waals surface area contributed by atoms with Crippen LogP contribution in [-0.2, 0) is 0 Å². The smallest absolute Gasteiger partial charge is 0.0309 e. The highest BCUT2D eigenvalue weighted by atomic mass is 15.3. The van der Waals surface area contributed by atoms with Gasteiger partial charge in [0.05, 0.1) is 0 Å². The summed E-state index contributed by atoms with van der Waals surface area (Å²) in [6.45, 7) is 7.40. The van der Waals surface area contributed by atoms with Gasteiger partial charge >= 0.3 is 0 Å². The summed E-state index contributed by atoms with van der Waals surface area (Å²) in [4.78, 5) is 2.93. The molecule has 2 heteroatoms. The molecule has 2 saturated carbocycles. The molecule has 0 aromatic rings. The molecule has 3 atom stereocenters. The monoisotopic (exact) mass is 278 g/mol. The topological polar surface area (TPSA) is 15.3 Å². The van der Waals surface area contributed by atoms with Gasteiger partial charge in [0.1, 0.15) is 0 Å². The lowest BCUT2D eigenvalue weighted by molar-refractivity contribution is -0.00368. The normalized spacial score (nSPS) is 39.0.